The normalized spacial score (nSPS) is 10.9. The van der Waals surface area contributed by atoms with Gasteiger partial charge in [0.05, 0.1) is 5.69 Å². The Morgan fingerprint density at radius 1 is 1.03 bits per heavy atom. The zero-order valence-electron chi connectivity index (χ0n) is 16.1. The molecule has 3 aromatic rings. The SMILES string of the molecule is Cc1ccc(NC(=O)COc2cccc(C=Nc3cccc(Cl)c3C)c2)cc1Cl. The number of rotatable bonds is 6. The Bertz CT molecular complexity index is 1060. The average molecular weight is 427 g/mol. The molecular formula is C23H20Cl2N2O2. The van der Waals surface area contributed by atoms with Crippen LogP contribution in [0.4, 0.5) is 11.4 Å². The lowest BCUT2D eigenvalue weighted by Crippen LogP contribution is -2.20. The van der Waals surface area contributed by atoms with Gasteiger partial charge in [-0.15, -0.1) is 0 Å². The second-order valence-corrected chi connectivity index (χ2v) is 7.33. The first-order valence-electron chi connectivity index (χ1n) is 9.00. The fourth-order valence-corrected chi connectivity index (χ4v) is 2.93. The van der Waals surface area contributed by atoms with Crippen molar-refractivity contribution in [2.24, 2.45) is 4.99 Å². The van der Waals surface area contributed by atoms with Gasteiger partial charge in [0, 0.05) is 21.9 Å². The van der Waals surface area contributed by atoms with E-state index < -0.39 is 0 Å². The van der Waals surface area contributed by atoms with Gasteiger partial charge in [0.1, 0.15) is 5.75 Å². The average Bonchev–Trinajstić information content (AvgIpc) is 2.71. The Kier molecular flexibility index (Phi) is 6.91. The highest BCUT2D eigenvalue weighted by atomic mass is 35.5. The fraction of sp³-hybridized carbons (Fsp3) is 0.130. The summed E-state index contributed by atoms with van der Waals surface area (Å²) in [5.41, 5.74) is 4.16. The van der Waals surface area contributed by atoms with Crippen molar-refractivity contribution >= 4 is 46.7 Å². The highest BCUT2D eigenvalue weighted by molar-refractivity contribution is 6.32. The molecule has 0 atom stereocenters. The molecule has 0 heterocycles. The number of carbonyl (C=O) groups excluding carboxylic acids is 1. The van der Waals surface area contributed by atoms with E-state index in [0.29, 0.717) is 21.5 Å². The molecule has 4 nitrogen and oxygen atoms in total. The Balaban J connectivity index is 1.60. The molecule has 0 aromatic heterocycles. The largest absolute Gasteiger partial charge is 0.484 e. The standard InChI is InChI=1S/C23H20Cl2N2O2/c1-15-9-10-18(12-21(15)25)27-23(28)14-29-19-6-3-5-17(11-19)13-26-22-8-4-7-20(24)16(22)2/h3-13H,14H2,1-2H3,(H,27,28). The van der Waals surface area contributed by atoms with Crippen molar-refractivity contribution in [1.29, 1.82) is 0 Å². The van der Waals surface area contributed by atoms with Gasteiger partial charge in [0.2, 0.25) is 0 Å². The van der Waals surface area contributed by atoms with E-state index in [2.05, 4.69) is 10.3 Å². The number of halogens is 2. The number of carbonyl (C=O) groups is 1. The Morgan fingerprint density at radius 2 is 1.83 bits per heavy atom. The lowest BCUT2D eigenvalue weighted by molar-refractivity contribution is -0.118. The molecule has 1 N–H and O–H groups in total. The van der Waals surface area contributed by atoms with Crippen LogP contribution < -0.4 is 10.1 Å². The lowest BCUT2D eigenvalue weighted by Gasteiger charge is -2.09. The molecule has 0 unspecified atom stereocenters. The quantitative estimate of drug-likeness (QED) is 0.464. The fourth-order valence-electron chi connectivity index (χ4n) is 2.58. The smallest absolute Gasteiger partial charge is 0.262 e. The zero-order valence-corrected chi connectivity index (χ0v) is 17.6. The van der Waals surface area contributed by atoms with E-state index in [1.807, 2.05) is 56.3 Å². The maximum absolute atomic E-state index is 12.1. The number of hydrogen-bond donors (Lipinski definition) is 1. The first kappa shape index (κ1) is 20.9. The molecule has 0 saturated heterocycles. The monoisotopic (exact) mass is 426 g/mol. The predicted octanol–water partition coefficient (Wildman–Crippen LogP) is 6.38. The minimum atomic E-state index is -0.265. The maximum Gasteiger partial charge on any atom is 0.262 e. The van der Waals surface area contributed by atoms with Gasteiger partial charge in [-0.25, -0.2) is 0 Å². The van der Waals surface area contributed by atoms with Gasteiger partial charge >= 0.3 is 0 Å². The molecule has 1 amide bonds. The van der Waals surface area contributed by atoms with E-state index in [1.54, 1.807) is 24.4 Å². The summed E-state index contributed by atoms with van der Waals surface area (Å²) in [4.78, 5) is 16.6. The van der Waals surface area contributed by atoms with E-state index in [1.165, 1.54) is 0 Å². The zero-order chi connectivity index (χ0) is 20.8. The van der Waals surface area contributed by atoms with Crippen molar-refractivity contribution in [3.05, 3.63) is 87.4 Å². The summed E-state index contributed by atoms with van der Waals surface area (Å²) in [6.07, 6.45) is 1.74. The van der Waals surface area contributed by atoms with Gasteiger partial charge in [-0.05, 0) is 66.9 Å². The Morgan fingerprint density at radius 3 is 2.62 bits per heavy atom. The molecule has 0 radical (unpaired) electrons. The third-order valence-corrected chi connectivity index (χ3v) is 5.09. The molecule has 0 aliphatic rings. The molecule has 148 valence electrons. The first-order chi connectivity index (χ1) is 13.9. The van der Waals surface area contributed by atoms with Crippen LogP contribution in [-0.4, -0.2) is 18.7 Å². The molecule has 0 fully saturated rings. The first-order valence-corrected chi connectivity index (χ1v) is 9.76. The number of nitrogens with one attached hydrogen (secondary N) is 1. The molecule has 29 heavy (non-hydrogen) atoms. The number of nitrogens with zero attached hydrogens (tertiary/aromatic N) is 1. The second-order valence-electron chi connectivity index (χ2n) is 6.52. The summed E-state index contributed by atoms with van der Waals surface area (Å²) >= 11 is 12.2. The van der Waals surface area contributed by atoms with Gasteiger partial charge in [-0.3, -0.25) is 9.79 Å². The van der Waals surface area contributed by atoms with Crippen molar-refractivity contribution in [3.8, 4) is 5.75 Å². The van der Waals surface area contributed by atoms with Gasteiger partial charge in [0.25, 0.3) is 5.91 Å². The van der Waals surface area contributed by atoms with Gasteiger partial charge in [0.15, 0.2) is 6.61 Å². The highest BCUT2D eigenvalue weighted by Gasteiger charge is 2.06. The third kappa shape index (κ3) is 5.83. The summed E-state index contributed by atoms with van der Waals surface area (Å²) in [6.45, 7) is 3.72. The summed E-state index contributed by atoms with van der Waals surface area (Å²) < 4.78 is 5.60. The van der Waals surface area contributed by atoms with Crippen LogP contribution in [0.15, 0.2) is 65.7 Å². The van der Waals surface area contributed by atoms with Gasteiger partial charge in [-0.2, -0.15) is 0 Å². The topological polar surface area (TPSA) is 50.7 Å². The molecule has 0 spiro atoms. The predicted molar refractivity (Wildman–Crippen MR) is 120 cm³/mol. The van der Waals surface area contributed by atoms with E-state index in [4.69, 9.17) is 27.9 Å². The van der Waals surface area contributed by atoms with Crippen molar-refractivity contribution in [2.75, 3.05) is 11.9 Å². The Hall–Kier alpha value is -2.82. The molecule has 0 aliphatic carbocycles. The van der Waals surface area contributed by atoms with Gasteiger partial charge in [-0.1, -0.05) is 47.5 Å². The minimum absolute atomic E-state index is 0.112. The lowest BCUT2D eigenvalue weighted by atomic mass is 10.2. The van der Waals surface area contributed by atoms with Crippen LogP contribution in [0.5, 0.6) is 5.75 Å². The minimum Gasteiger partial charge on any atom is -0.484 e. The van der Waals surface area contributed by atoms with Crippen LogP contribution in [0.3, 0.4) is 0 Å². The number of anilines is 1. The van der Waals surface area contributed by atoms with Crippen LogP contribution >= 0.6 is 23.2 Å². The van der Waals surface area contributed by atoms with E-state index in [9.17, 15) is 4.79 Å². The summed E-state index contributed by atoms with van der Waals surface area (Å²) in [5.74, 6) is 0.312. The van der Waals surface area contributed by atoms with E-state index in [0.717, 1.165) is 22.4 Å². The van der Waals surface area contributed by atoms with E-state index >= 15 is 0 Å². The van der Waals surface area contributed by atoms with Crippen molar-refractivity contribution < 1.29 is 9.53 Å². The highest BCUT2D eigenvalue weighted by Crippen LogP contribution is 2.25. The molecule has 0 saturated carbocycles. The number of amides is 1. The number of aryl methyl sites for hydroxylation is 1. The van der Waals surface area contributed by atoms with E-state index in [-0.39, 0.29) is 12.5 Å². The van der Waals surface area contributed by atoms with Crippen LogP contribution in [0.1, 0.15) is 16.7 Å². The molecule has 3 rings (SSSR count). The van der Waals surface area contributed by atoms with Crippen LogP contribution in [0, 0.1) is 13.8 Å². The molecule has 0 bridgehead atoms. The summed E-state index contributed by atoms with van der Waals surface area (Å²) in [5, 5.41) is 4.05. The Labute approximate surface area is 180 Å². The van der Waals surface area contributed by atoms with Crippen molar-refractivity contribution in [2.45, 2.75) is 13.8 Å². The molecule has 6 heteroatoms. The second kappa shape index (κ2) is 9.59. The van der Waals surface area contributed by atoms with Gasteiger partial charge < -0.3 is 10.1 Å². The summed E-state index contributed by atoms with van der Waals surface area (Å²) in [6, 6.07) is 18.3. The van der Waals surface area contributed by atoms with Crippen molar-refractivity contribution in [1.82, 2.24) is 0 Å². The summed E-state index contributed by atoms with van der Waals surface area (Å²) in [7, 11) is 0. The van der Waals surface area contributed by atoms with Crippen LogP contribution in [0.25, 0.3) is 0 Å². The number of hydrogen-bond acceptors (Lipinski definition) is 3. The number of benzene rings is 3. The molecular weight excluding hydrogens is 407 g/mol. The number of ether oxygens (including phenoxy) is 1. The third-order valence-electron chi connectivity index (χ3n) is 4.28. The molecule has 3 aromatic carbocycles. The van der Waals surface area contributed by atoms with Crippen LogP contribution in [0.2, 0.25) is 10.0 Å². The molecule has 0 aliphatic heterocycles. The number of aliphatic imine (C=N–C) groups is 1. The maximum atomic E-state index is 12.1. The van der Waals surface area contributed by atoms with Crippen molar-refractivity contribution in [3.63, 3.8) is 0 Å². The van der Waals surface area contributed by atoms with Crippen LogP contribution in [-0.2, 0) is 4.79 Å².